The molecule has 1 saturated heterocycles. The van der Waals surface area contributed by atoms with Crippen LogP contribution in [0.2, 0.25) is 5.02 Å². The van der Waals surface area contributed by atoms with Gasteiger partial charge in [-0.05, 0) is 24.1 Å². The molecule has 3 heterocycles. The van der Waals surface area contributed by atoms with Crippen molar-refractivity contribution in [2.75, 3.05) is 24.1 Å². The first kappa shape index (κ1) is 22.4. The maximum absolute atomic E-state index is 13.3. The molecule has 0 spiro atoms. The van der Waals surface area contributed by atoms with Crippen LogP contribution in [0.4, 0.5) is 20.2 Å². The number of halogens is 3. The van der Waals surface area contributed by atoms with Crippen LogP contribution in [0.3, 0.4) is 0 Å². The number of fused-ring (bicyclic) bond motifs is 1. The van der Waals surface area contributed by atoms with Crippen molar-refractivity contribution in [2.45, 2.75) is 30.7 Å². The summed E-state index contributed by atoms with van der Waals surface area (Å²) in [6.07, 6.45) is 1.25. The summed E-state index contributed by atoms with van der Waals surface area (Å²) in [4.78, 5) is 17.2. The molecule has 4 rings (SSSR count). The number of hydrogen-bond acceptors (Lipinski definition) is 5. The van der Waals surface area contributed by atoms with Crippen molar-refractivity contribution in [1.29, 1.82) is 0 Å². The van der Waals surface area contributed by atoms with Gasteiger partial charge in [0, 0.05) is 6.20 Å². The van der Waals surface area contributed by atoms with Gasteiger partial charge in [0.25, 0.3) is 21.9 Å². The molecule has 1 aromatic carbocycles. The topological polar surface area (TPSA) is 110 Å². The Hall–Kier alpha value is -2.76. The van der Waals surface area contributed by atoms with E-state index < -0.39 is 34.9 Å². The molecule has 0 saturated carbocycles. The van der Waals surface area contributed by atoms with Gasteiger partial charge in [-0.2, -0.15) is 4.31 Å². The van der Waals surface area contributed by atoms with Gasteiger partial charge in [0.1, 0.15) is 5.65 Å². The number of nitrogens with one attached hydrogen (secondary N) is 1. The van der Waals surface area contributed by atoms with E-state index in [0.717, 1.165) is 0 Å². The third kappa shape index (κ3) is 3.80. The number of para-hydroxylation sites is 2. The monoisotopic (exact) mass is 483 g/mol. The van der Waals surface area contributed by atoms with E-state index in [4.69, 9.17) is 17.3 Å². The van der Waals surface area contributed by atoms with Crippen molar-refractivity contribution >= 4 is 44.6 Å². The molecule has 0 aliphatic carbocycles. The molecule has 0 atom stereocenters. The van der Waals surface area contributed by atoms with Crippen molar-refractivity contribution in [3.63, 3.8) is 0 Å². The highest BCUT2D eigenvalue weighted by Crippen LogP contribution is 2.36. The highest BCUT2D eigenvalue weighted by atomic mass is 35.5. The molecule has 12 heteroatoms. The van der Waals surface area contributed by atoms with Crippen LogP contribution in [0, 0.1) is 0 Å². The van der Waals surface area contributed by atoms with E-state index in [1.54, 1.807) is 38.1 Å². The third-order valence-corrected chi connectivity index (χ3v) is 7.23. The lowest BCUT2D eigenvalue weighted by Crippen LogP contribution is -2.58. The molecule has 0 radical (unpaired) electrons. The van der Waals surface area contributed by atoms with E-state index in [2.05, 4.69) is 10.3 Å². The van der Waals surface area contributed by atoms with E-state index in [1.807, 2.05) is 0 Å². The fourth-order valence-electron chi connectivity index (χ4n) is 3.43. The molecule has 0 unspecified atom stereocenters. The Morgan fingerprint density at radius 2 is 1.94 bits per heavy atom. The van der Waals surface area contributed by atoms with Crippen LogP contribution >= 0.6 is 11.6 Å². The van der Waals surface area contributed by atoms with Gasteiger partial charge >= 0.3 is 0 Å². The number of pyridine rings is 1. The summed E-state index contributed by atoms with van der Waals surface area (Å²) >= 11 is 6.32. The minimum Gasteiger partial charge on any atom is -0.397 e. The number of rotatable bonds is 5. The second-order valence-electron chi connectivity index (χ2n) is 7.89. The normalized spacial score (nSPS) is 16.3. The first-order chi connectivity index (χ1) is 14.9. The van der Waals surface area contributed by atoms with Crippen LogP contribution in [-0.2, 0) is 10.0 Å². The van der Waals surface area contributed by atoms with Crippen LogP contribution < -0.4 is 11.1 Å². The number of hydrogen-bond donors (Lipinski definition) is 2. The third-order valence-electron chi connectivity index (χ3n) is 5.09. The number of nitrogen functional groups attached to an aromatic ring is 1. The minimum absolute atomic E-state index is 0.0393. The number of sulfonamides is 1. The molecule has 1 aliphatic rings. The standard InChI is InChI=1S/C20H20ClF2N5O3S/c1-11(2)17-19(32(30,31)27-9-20(22,23)10-27)28-8-13(21)12(7-16(28)26-17)18(29)25-15-6-4-3-5-14(15)24/h3-8,11H,9-10,24H2,1-2H3,(H,25,29). The molecule has 8 nitrogen and oxygen atoms in total. The van der Waals surface area contributed by atoms with Gasteiger partial charge in [0.2, 0.25) is 0 Å². The zero-order chi connectivity index (χ0) is 23.4. The van der Waals surface area contributed by atoms with Gasteiger partial charge in [-0.15, -0.1) is 0 Å². The predicted molar refractivity (Wildman–Crippen MR) is 117 cm³/mol. The summed E-state index contributed by atoms with van der Waals surface area (Å²) < 4.78 is 54.8. The molecule has 3 N–H and O–H groups in total. The maximum atomic E-state index is 13.3. The summed E-state index contributed by atoms with van der Waals surface area (Å²) in [7, 11) is -4.26. The van der Waals surface area contributed by atoms with Gasteiger partial charge in [0.15, 0.2) is 5.03 Å². The quantitative estimate of drug-likeness (QED) is 0.539. The molecule has 3 aromatic rings. The van der Waals surface area contributed by atoms with Gasteiger partial charge in [-0.1, -0.05) is 37.6 Å². The summed E-state index contributed by atoms with van der Waals surface area (Å²) in [5, 5.41) is 2.38. The van der Waals surface area contributed by atoms with Gasteiger partial charge < -0.3 is 11.1 Å². The molecule has 1 aliphatic heterocycles. The van der Waals surface area contributed by atoms with E-state index in [-0.39, 0.29) is 32.9 Å². The number of aromatic nitrogens is 2. The molecule has 2 aromatic heterocycles. The van der Waals surface area contributed by atoms with E-state index in [0.29, 0.717) is 15.7 Å². The van der Waals surface area contributed by atoms with Crippen molar-refractivity contribution in [3.05, 3.63) is 52.8 Å². The summed E-state index contributed by atoms with van der Waals surface area (Å²) in [6.45, 7) is 1.68. The number of amides is 1. The zero-order valence-electron chi connectivity index (χ0n) is 17.1. The average molecular weight is 484 g/mol. The summed E-state index contributed by atoms with van der Waals surface area (Å²) in [6, 6.07) is 8.03. The summed E-state index contributed by atoms with van der Waals surface area (Å²) in [5.41, 5.74) is 7.01. The Kier molecular flexibility index (Phi) is 5.38. The van der Waals surface area contributed by atoms with E-state index >= 15 is 0 Å². The van der Waals surface area contributed by atoms with Crippen LogP contribution in [0.25, 0.3) is 5.65 Å². The zero-order valence-corrected chi connectivity index (χ0v) is 18.7. The van der Waals surface area contributed by atoms with E-state index in [9.17, 15) is 22.0 Å². The second kappa shape index (κ2) is 7.68. The lowest BCUT2D eigenvalue weighted by Gasteiger charge is -2.37. The molecule has 1 fully saturated rings. The predicted octanol–water partition coefficient (Wildman–Crippen LogP) is 3.59. The van der Waals surface area contributed by atoms with Crippen molar-refractivity contribution < 1.29 is 22.0 Å². The van der Waals surface area contributed by atoms with Crippen LogP contribution in [-0.4, -0.2) is 47.0 Å². The number of carbonyl (C=O) groups excluding carboxylic acids is 1. The number of carbonyl (C=O) groups is 1. The Labute approximate surface area is 188 Å². The Bertz CT molecular complexity index is 1330. The maximum Gasteiger partial charge on any atom is 0.275 e. The highest BCUT2D eigenvalue weighted by Gasteiger charge is 2.51. The minimum atomic E-state index is -4.26. The SMILES string of the molecule is CC(C)c1nc2cc(C(=O)Nc3ccccc3N)c(Cl)cn2c1S(=O)(=O)N1CC(F)(F)C1. The molecular formula is C20H20ClF2N5O3S. The van der Waals surface area contributed by atoms with Crippen LogP contribution in [0.15, 0.2) is 41.6 Å². The van der Waals surface area contributed by atoms with Crippen molar-refractivity contribution in [2.24, 2.45) is 0 Å². The first-order valence-corrected chi connectivity index (χ1v) is 11.5. The molecule has 0 bridgehead atoms. The van der Waals surface area contributed by atoms with Crippen molar-refractivity contribution in [1.82, 2.24) is 13.7 Å². The number of nitrogens with two attached hydrogens (primary N) is 1. The lowest BCUT2D eigenvalue weighted by molar-refractivity contribution is -0.0946. The Morgan fingerprint density at radius 3 is 2.53 bits per heavy atom. The Morgan fingerprint density at radius 1 is 1.28 bits per heavy atom. The molecule has 1 amide bonds. The first-order valence-electron chi connectivity index (χ1n) is 9.66. The number of anilines is 2. The average Bonchev–Trinajstić information content (AvgIpc) is 3.06. The molecule has 170 valence electrons. The second-order valence-corrected chi connectivity index (χ2v) is 10.2. The number of alkyl halides is 2. The fourth-order valence-corrected chi connectivity index (χ4v) is 5.57. The van der Waals surface area contributed by atoms with Crippen LogP contribution in [0.1, 0.15) is 35.8 Å². The Balaban J connectivity index is 1.79. The van der Waals surface area contributed by atoms with Gasteiger partial charge in [-0.25, -0.2) is 22.2 Å². The highest BCUT2D eigenvalue weighted by molar-refractivity contribution is 7.89. The number of benzene rings is 1. The number of nitrogens with zero attached hydrogens (tertiary/aromatic N) is 3. The van der Waals surface area contributed by atoms with Gasteiger partial charge in [-0.3, -0.25) is 9.20 Å². The van der Waals surface area contributed by atoms with Gasteiger partial charge in [0.05, 0.1) is 40.7 Å². The lowest BCUT2D eigenvalue weighted by atomic mass is 10.2. The number of imidazole rings is 1. The van der Waals surface area contributed by atoms with Crippen molar-refractivity contribution in [3.8, 4) is 0 Å². The van der Waals surface area contributed by atoms with E-state index in [1.165, 1.54) is 16.7 Å². The largest absolute Gasteiger partial charge is 0.397 e. The molecular weight excluding hydrogens is 464 g/mol. The van der Waals surface area contributed by atoms with Crippen LogP contribution in [0.5, 0.6) is 0 Å². The molecule has 32 heavy (non-hydrogen) atoms. The fraction of sp³-hybridized carbons (Fsp3) is 0.300. The smallest absolute Gasteiger partial charge is 0.275 e. The summed E-state index contributed by atoms with van der Waals surface area (Å²) in [5.74, 6) is -3.95.